The molecule has 0 unspecified atom stereocenters. The fourth-order valence-corrected chi connectivity index (χ4v) is 3.20. The number of ether oxygens (including phenoxy) is 1. The van der Waals surface area contributed by atoms with Crippen molar-refractivity contribution < 1.29 is 4.74 Å². The zero-order valence-electron chi connectivity index (χ0n) is 16.4. The van der Waals surface area contributed by atoms with Gasteiger partial charge in [-0.25, -0.2) is 4.98 Å². The van der Waals surface area contributed by atoms with Gasteiger partial charge in [0.1, 0.15) is 11.6 Å². The van der Waals surface area contributed by atoms with Crippen molar-refractivity contribution >= 4 is 11.8 Å². The topological polar surface area (TPSA) is 53.0 Å². The Kier molecular flexibility index (Phi) is 6.52. The molecule has 27 heavy (non-hydrogen) atoms. The average Bonchev–Trinajstić information content (AvgIpc) is 2.69. The van der Waals surface area contributed by atoms with Crippen LogP contribution >= 0.6 is 0 Å². The van der Waals surface area contributed by atoms with Crippen LogP contribution in [0.2, 0.25) is 0 Å². The van der Waals surface area contributed by atoms with E-state index < -0.39 is 0 Å². The molecule has 0 aliphatic carbocycles. The van der Waals surface area contributed by atoms with E-state index in [-0.39, 0.29) is 6.10 Å². The van der Waals surface area contributed by atoms with E-state index in [1.54, 1.807) is 0 Å². The van der Waals surface area contributed by atoms with Gasteiger partial charge in [0.2, 0.25) is 0 Å². The molecule has 0 radical (unpaired) electrons. The maximum absolute atomic E-state index is 5.78. The van der Waals surface area contributed by atoms with Crippen LogP contribution < -0.4 is 15.0 Å². The quantitative estimate of drug-likeness (QED) is 0.651. The third-order valence-electron chi connectivity index (χ3n) is 4.49. The van der Waals surface area contributed by atoms with Crippen LogP contribution in [-0.2, 0) is 6.54 Å². The van der Waals surface area contributed by atoms with Crippen molar-refractivity contribution in [2.24, 2.45) is 4.99 Å². The minimum Gasteiger partial charge on any atom is -0.491 e. The molecule has 0 amide bonds. The van der Waals surface area contributed by atoms with Crippen LogP contribution in [0.1, 0.15) is 19.4 Å². The number of aliphatic imine (C=N–C) groups is 1. The Balaban J connectivity index is 1.53. The van der Waals surface area contributed by atoms with Crippen LogP contribution in [0, 0.1) is 0 Å². The summed E-state index contributed by atoms with van der Waals surface area (Å²) in [7, 11) is 1.84. The number of anilines is 1. The maximum Gasteiger partial charge on any atom is 0.194 e. The van der Waals surface area contributed by atoms with Crippen molar-refractivity contribution in [2.45, 2.75) is 26.5 Å². The number of nitrogens with zero attached hydrogens (tertiary/aromatic N) is 4. The van der Waals surface area contributed by atoms with Crippen LogP contribution in [0.15, 0.2) is 53.7 Å². The van der Waals surface area contributed by atoms with E-state index >= 15 is 0 Å². The molecule has 0 spiro atoms. The van der Waals surface area contributed by atoms with Crippen LogP contribution in [0.4, 0.5) is 5.82 Å². The zero-order valence-corrected chi connectivity index (χ0v) is 16.4. The first-order valence-corrected chi connectivity index (χ1v) is 9.53. The Morgan fingerprint density at radius 2 is 1.96 bits per heavy atom. The molecule has 3 rings (SSSR count). The van der Waals surface area contributed by atoms with Gasteiger partial charge in [0.05, 0.1) is 6.10 Å². The lowest BCUT2D eigenvalue weighted by Gasteiger charge is -2.37. The fraction of sp³-hybridized carbons (Fsp3) is 0.429. The minimum absolute atomic E-state index is 0.177. The van der Waals surface area contributed by atoms with Gasteiger partial charge in [-0.1, -0.05) is 18.2 Å². The molecular formula is C21H29N5O. The Bertz CT molecular complexity index is 739. The van der Waals surface area contributed by atoms with Crippen molar-refractivity contribution in [3.05, 3.63) is 54.2 Å². The largest absolute Gasteiger partial charge is 0.491 e. The van der Waals surface area contributed by atoms with Crippen LogP contribution in [-0.4, -0.2) is 55.2 Å². The summed E-state index contributed by atoms with van der Waals surface area (Å²) in [6.45, 7) is 8.53. The molecule has 1 aliphatic rings. The average molecular weight is 367 g/mol. The second-order valence-corrected chi connectivity index (χ2v) is 6.88. The molecule has 2 aromatic rings. The Labute approximate surface area is 161 Å². The summed E-state index contributed by atoms with van der Waals surface area (Å²) >= 11 is 0. The normalized spacial score (nSPS) is 15.2. The smallest absolute Gasteiger partial charge is 0.194 e. The van der Waals surface area contributed by atoms with Crippen LogP contribution in [0.25, 0.3) is 0 Å². The Hall–Kier alpha value is -2.76. The number of pyridine rings is 1. The van der Waals surface area contributed by atoms with Gasteiger partial charge >= 0.3 is 0 Å². The van der Waals surface area contributed by atoms with Crippen molar-refractivity contribution in [1.29, 1.82) is 0 Å². The molecule has 0 saturated carbocycles. The van der Waals surface area contributed by atoms with Crippen molar-refractivity contribution in [3.8, 4) is 5.75 Å². The summed E-state index contributed by atoms with van der Waals surface area (Å²) < 4.78 is 5.78. The Morgan fingerprint density at radius 1 is 1.15 bits per heavy atom. The molecule has 1 N–H and O–H groups in total. The molecule has 1 aromatic heterocycles. The number of hydrogen-bond acceptors (Lipinski definition) is 4. The van der Waals surface area contributed by atoms with E-state index in [4.69, 9.17) is 4.74 Å². The van der Waals surface area contributed by atoms with E-state index in [1.807, 2.05) is 51.4 Å². The molecule has 2 heterocycles. The highest BCUT2D eigenvalue weighted by molar-refractivity contribution is 5.80. The summed E-state index contributed by atoms with van der Waals surface area (Å²) in [6.07, 6.45) is 2.02. The third-order valence-corrected chi connectivity index (χ3v) is 4.49. The number of aromatic nitrogens is 1. The first-order chi connectivity index (χ1) is 13.2. The van der Waals surface area contributed by atoms with Gasteiger partial charge in [-0.05, 0) is 43.7 Å². The Morgan fingerprint density at radius 3 is 2.63 bits per heavy atom. The molecule has 1 saturated heterocycles. The molecule has 6 nitrogen and oxygen atoms in total. The van der Waals surface area contributed by atoms with Crippen LogP contribution in [0.5, 0.6) is 5.75 Å². The van der Waals surface area contributed by atoms with Gasteiger partial charge in [0.25, 0.3) is 0 Å². The van der Waals surface area contributed by atoms with Crippen molar-refractivity contribution in [3.63, 3.8) is 0 Å². The highest BCUT2D eigenvalue weighted by Crippen LogP contribution is 2.15. The van der Waals surface area contributed by atoms with E-state index in [0.29, 0.717) is 0 Å². The number of rotatable bonds is 5. The summed E-state index contributed by atoms with van der Waals surface area (Å²) in [5.74, 6) is 2.89. The molecule has 1 aromatic carbocycles. The van der Waals surface area contributed by atoms with Gasteiger partial charge < -0.3 is 19.9 Å². The number of nitrogens with one attached hydrogen (secondary N) is 1. The summed E-state index contributed by atoms with van der Waals surface area (Å²) in [5, 5.41) is 3.48. The van der Waals surface area contributed by atoms with Crippen LogP contribution in [0.3, 0.4) is 0 Å². The minimum atomic E-state index is 0.177. The molecule has 6 heteroatoms. The predicted molar refractivity (Wildman–Crippen MR) is 110 cm³/mol. The lowest BCUT2D eigenvalue weighted by molar-refractivity contribution is 0.242. The number of piperazine rings is 1. The van der Waals surface area contributed by atoms with Gasteiger partial charge in [-0.15, -0.1) is 0 Å². The van der Waals surface area contributed by atoms with Gasteiger partial charge in [0, 0.05) is 46.0 Å². The summed E-state index contributed by atoms with van der Waals surface area (Å²) in [6, 6.07) is 14.3. The molecule has 144 valence electrons. The van der Waals surface area contributed by atoms with Gasteiger partial charge in [-0.3, -0.25) is 4.99 Å². The highest BCUT2D eigenvalue weighted by atomic mass is 16.5. The number of benzene rings is 1. The summed E-state index contributed by atoms with van der Waals surface area (Å²) in [4.78, 5) is 13.5. The van der Waals surface area contributed by atoms with E-state index in [1.165, 1.54) is 5.56 Å². The monoisotopic (exact) mass is 367 g/mol. The molecule has 0 atom stereocenters. The van der Waals surface area contributed by atoms with Gasteiger partial charge in [0.15, 0.2) is 5.96 Å². The van der Waals surface area contributed by atoms with E-state index in [2.05, 4.69) is 43.3 Å². The molecule has 1 fully saturated rings. The van der Waals surface area contributed by atoms with Crippen molar-refractivity contribution in [2.75, 3.05) is 38.1 Å². The fourth-order valence-electron chi connectivity index (χ4n) is 3.20. The standard InChI is InChI=1S/C21H29N5O/c1-17(2)27-19-8-6-7-18(15-19)16-24-21(22-3)26-13-11-25(12-14-26)20-9-4-5-10-23-20/h4-10,15,17H,11-14,16H2,1-3H3,(H,22,24). The zero-order chi connectivity index (χ0) is 19.1. The maximum atomic E-state index is 5.78. The molecule has 1 aliphatic heterocycles. The number of hydrogen-bond donors (Lipinski definition) is 1. The predicted octanol–water partition coefficient (Wildman–Crippen LogP) is 2.77. The van der Waals surface area contributed by atoms with Gasteiger partial charge in [-0.2, -0.15) is 0 Å². The van der Waals surface area contributed by atoms with E-state index in [0.717, 1.165) is 50.3 Å². The molecular weight excluding hydrogens is 338 g/mol. The number of guanidine groups is 1. The first-order valence-electron chi connectivity index (χ1n) is 9.53. The summed E-state index contributed by atoms with van der Waals surface area (Å²) in [5.41, 5.74) is 1.18. The third kappa shape index (κ3) is 5.36. The first kappa shape index (κ1) is 19.0. The second kappa shape index (κ2) is 9.26. The highest BCUT2D eigenvalue weighted by Gasteiger charge is 2.20. The second-order valence-electron chi connectivity index (χ2n) is 6.88. The van der Waals surface area contributed by atoms with Crippen molar-refractivity contribution in [1.82, 2.24) is 15.2 Å². The SMILES string of the molecule is CN=C(NCc1cccc(OC(C)C)c1)N1CCN(c2ccccn2)CC1. The lowest BCUT2D eigenvalue weighted by atomic mass is 10.2. The molecule has 0 bridgehead atoms. The van der Waals surface area contributed by atoms with E-state index in [9.17, 15) is 0 Å². The lowest BCUT2D eigenvalue weighted by Crippen LogP contribution is -2.52.